The number of thiazole rings is 1. The lowest BCUT2D eigenvalue weighted by Gasteiger charge is -2.29. The normalized spacial score (nSPS) is 19.6. The van der Waals surface area contributed by atoms with Crippen LogP contribution in [0.2, 0.25) is 5.02 Å². The van der Waals surface area contributed by atoms with Gasteiger partial charge in [-0.2, -0.15) is 0 Å². The van der Waals surface area contributed by atoms with Gasteiger partial charge in [0, 0.05) is 56.0 Å². The Hall–Kier alpha value is -3.02. The number of nitrogens with zero attached hydrogens (tertiary/aromatic N) is 3. The average Bonchev–Trinajstić information content (AvgIpc) is 3.31. The van der Waals surface area contributed by atoms with E-state index in [1.54, 1.807) is 25.1 Å². The highest BCUT2D eigenvalue weighted by Crippen LogP contribution is 2.26. The number of halogens is 2. The zero-order valence-electron chi connectivity index (χ0n) is 21.8. The van der Waals surface area contributed by atoms with Crippen LogP contribution in [0.4, 0.5) is 4.39 Å². The quantitative estimate of drug-likeness (QED) is 0.478. The molecular formula is C26H34ClFN6O3S. The number of likely N-dealkylation sites (N-methyl/N-ethyl adjacent to an activating group) is 1. The SMILES string of the molecule is CN(C)C(=O)C1CCC(NC(=O)/C(N)=C/c2cccc(Cl)c2F)CC1.CN1CCc2nc(C(N)=O)sc2C1. The molecule has 1 aromatic carbocycles. The maximum Gasteiger partial charge on any atom is 0.277 e. The smallest absolute Gasteiger partial charge is 0.277 e. The second kappa shape index (κ2) is 13.2. The third-order valence-electron chi connectivity index (χ3n) is 6.54. The summed E-state index contributed by atoms with van der Waals surface area (Å²) >= 11 is 7.14. The Labute approximate surface area is 231 Å². The van der Waals surface area contributed by atoms with Gasteiger partial charge in [0.05, 0.1) is 16.4 Å². The van der Waals surface area contributed by atoms with E-state index >= 15 is 0 Å². The summed E-state index contributed by atoms with van der Waals surface area (Å²) in [4.78, 5) is 44.2. The number of rotatable bonds is 5. The van der Waals surface area contributed by atoms with Crippen molar-refractivity contribution in [1.29, 1.82) is 0 Å². The van der Waals surface area contributed by atoms with E-state index in [1.165, 1.54) is 34.4 Å². The predicted molar refractivity (Wildman–Crippen MR) is 147 cm³/mol. The Kier molecular flexibility index (Phi) is 10.2. The maximum atomic E-state index is 13.9. The molecule has 38 heavy (non-hydrogen) atoms. The molecule has 0 atom stereocenters. The molecular weight excluding hydrogens is 531 g/mol. The fourth-order valence-electron chi connectivity index (χ4n) is 4.41. The van der Waals surface area contributed by atoms with E-state index in [1.807, 2.05) is 0 Å². The van der Waals surface area contributed by atoms with Crippen molar-refractivity contribution >= 4 is 46.7 Å². The molecule has 12 heteroatoms. The number of aromatic nitrogens is 1. The molecule has 1 fully saturated rings. The van der Waals surface area contributed by atoms with Gasteiger partial charge in [0.15, 0.2) is 5.01 Å². The molecule has 1 aromatic heterocycles. The fraction of sp³-hybridized carbons (Fsp3) is 0.462. The van der Waals surface area contributed by atoms with E-state index in [0.29, 0.717) is 5.01 Å². The number of amides is 3. The lowest BCUT2D eigenvalue weighted by molar-refractivity contribution is -0.134. The van der Waals surface area contributed by atoms with E-state index in [2.05, 4.69) is 22.2 Å². The molecule has 0 spiro atoms. The van der Waals surface area contributed by atoms with Crippen LogP contribution in [0, 0.1) is 11.7 Å². The fourth-order valence-corrected chi connectivity index (χ4v) is 5.63. The second-order valence-electron chi connectivity index (χ2n) is 9.74. The Balaban J connectivity index is 0.000000256. The van der Waals surface area contributed by atoms with E-state index in [-0.39, 0.29) is 34.2 Å². The van der Waals surface area contributed by atoms with Gasteiger partial charge < -0.3 is 26.6 Å². The van der Waals surface area contributed by atoms with Crippen molar-refractivity contribution < 1.29 is 18.8 Å². The number of benzene rings is 1. The van der Waals surface area contributed by atoms with Crippen LogP contribution in [0.25, 0.3) is 6.08 Å². The van der Waals surface area contributed by atoms with Crippen LogP contribution in [0.3, 0.4) is 0 Å². The van der Waals surface area contributed by atoms with Gasteiger partial charge in [-0.05, 0) is 44.9 Å². The standard InChI is InChI=1S/C18H23ClFN3O2.C8H11N3OS/c1-23(2)18(25)11-6-8-13(9-7-11)22-17(24)15(21)10-12-4-3-5-14(19)16(12)20;1-11-3-2-5-6(4-11)13-8(10-5)7(9)12/h3-5,10-11,13H,6-9,21H2,1-2H3,(H,22,24);2-4H2,1H3,(H2,9,12)/b15-10-;. The van der Waals surface area contributed by atoms with Crippen LogP contribution in [0.15, 0.2) is 23.9 Å². The molecule has 2 aromatic rings. The Bertz CT molecular complexity index is 1210. The molecule has 206 valence electrons. The second-order valence-corrected chi connectivity index (χ2v) is 11.2. The lowest BCUT2D eigenvalue weighted by Crippen LogP contribution is -2.42. The van der Waals surface area contributed by atoms with E-state index in [9.17, 15) is 18.8 Å². The molecule has 0 saturated heterocycles. The van der Waals surface area contributed by atoms with Crippen LogP contribution in [0.5, 0.6) is 0 Å². The minimum atomic E-state index is -0.609. The van der Waals surface area contributed by atoms with Crippen molar-refractivity contribution in [2.45, 2.75) is 44.7 Å². The number of nitrogens with one attached hydrogen (secondary N) is 1. The minimum absolute atomic E-state index is 0.0107. The van der Waals surface area contributed by atoms with Gasteiger partial charge in [0.25, 0.3) is 11.8 Å². The molecule has 0 radical (unpaired) electrons. The van der Waals surface area contributed by atoms with Crippen LogP contribution in [-0.4, -0.2) is 66.2 Å². The Morgan fingerprint density at radius 3 is 2.53 bits per heavy atom. The first-order valence-electron chi connectivity index (χ1n) is 12.4. The first-order valence-corrected chi connectivity index (χ1v) is 13.6. The summed E-state index contributed by atoms with van der Waals surface area (Å²) in [5.41, 5.74) is 12.1. The third-order valence-corrected chi connectivity index (χ3v) is 7.93. The highest BCUT2D eigenvalue weighted by Gasteiger charge is 2.28. The summed E-state index contributed by atoms with van der Waals surface area (Å²) in [6, 6.07) is 4.48. The first-order chi connectivity index (χ1) is 18.0. The summed E-state index contributed by atoms with van der Waals surface area (Å²) in [5.74, 6) is -1.33. The third kappa shape index (κ3) is 7.75. The van der Waals surface area contributed by atoms with Crippen LogP contribution in [0.1, 0.15) is 51.6 Å². The van der Waals surface area contributed by atoms with Gasteiger partial charge in [-0.3, -0.25) is 14.4 Å². The number of fused-ring (bicyclic) bond motifs is 1. The number of hydrogen-bond donors (Lipinski definition) is 3. The number of hydrogen-bond acceptors (Lipinski definition) is 7. The maximum absolute atomic E-state index is 13.9. The van der Waals surface area contributed by atoms with Crippen molar-refractivity contribution in [3.05, 3.63) is 55.9 Å². The van der Waals surface area contributed by atoms with Crippen LogP contribution >= 0.6 is 22.9 Å². The molecule has 5 N–H and O–H groups in total. The molecule has 0 unspecified atom stereocenters. The van der Waals surface area contributed by atoms with E-state index in [0.717, 1.165) is 50.9 Å². The van der Waals surface area contributed by atoms with Crippen molar-refractivity contribution in [2.24, 2.45) is 17.4 Å². The Morgan fingerprint density at radius 2 is 1.89 bits per heavy atom. The van der Waals surface area contributed by atoms with E-state index in [4.69, 9.17) is 23.1 Å². The molecule has 2 aliphatic rings. The number of carbonyl (C=O) groups is 3. The van der Waals surface area contributed by atoms with Crippen LogP contribution < -0.4 is 16.8 Å². The largest absolute Gasteiger partial charge is 0.394 e. The summed E-state index contributed by atoms with van der Waals surface area (Å²) in [7, 11) is 5.56. The zero-order chi connectivity index (χ0) is 28.0. The van der Waals surface area contributed by atoms with Gasteiger partial charge in [0.1, 0.15) is 5.82 Å². The molecule has 3 amide bonds. The topological polar surface area (TPSA) is 135 Å². The number of primary amides is 1. The van der Waals surface area contributed by atoms with Crippen molar-refractivity contribution in [3.8, 4) is 0 Å². The minimum Gasteiger partial charge on any atom is -0.394 e. The lowest BCUT2D eigenvalue weighted by atomic mass is 9.85. The van der Waals surface area contributed by atoms with Gasteiger partial charge in [0.2, 0.25) is 5.91 Å². The summed E-state index contributed by atoms with van der Waals surface area (Å²) in [5, 5.41) is 3.27. The molecule has 1 saturated carbocycles. The van der Waals surface area contributed by atoms with Crippen molar-refractivity contribution in [3.63, 3.8) is 0 Å². The summed E-state index contributed by atoms with van der Waals surface area (Å²) in [6.45, 7) is 1.90. The molecule has 4 rings (SSSR count). The Morgan fingerprint density at radius 1 is 1.21 bits per heavy atom. The summed E-state index contributed by atoms with van der Waals surface area (Å²) < 4.78 is 13.9. The average molecular weight is 565 g/mol. The van der Waals surface area contributed by atoms with E-state index < -0.39 is 17.6 Å². The van der Waals surface area contributed by atoms with Gasteiger partial charge in [-0.15, -0.1) is 11.3 Å². The molecule has 1 aliphatic heterocycles. The van der Waals surface area contributed by atoms with Gasteiger partial charge in [-0.25, -0.2) is 9.37 Å². The molecule has 1 aliphatic carbocycles. The van der Waals surface area contributed by atoms with Crippen molar-refractivity contribution in [1.82, 2.24) is 20.1 Å². The van der Waals surface area contributed by atoms with Gasteiger partial charge >= 0.3 is 0 Å². The van der Waals surface area contributed by atoms with Crippen molar-refractivity contribution in [2.75, 3.05) is 27.7 Å². The molecule has 9 nitrogen and oxygen atoms in total. The molecule has 2 heterocycles. The molecule has 0 bridgehead atoms. The highest BCUT2D eigenvalue weighted by molar-refractivity contribution is 7.13. The first kappa shape index (κ1) is 29.5. The highest BCUT2D eigenvalue weighted by atomic mass is 35.5. The summed E-state index contributed by atoms with van der Waals surface area (Å²) in [6.07, 6.45) is 5.10. The van der Waals surface area contributed by atoms with Gasteiger partial charge in [-0.1, -0.05) is 23.7 Å². The monoisotopic (exact) mass is 564 g/mol. The number of nitrogens with two attached hydrogens (primary N) is 2. The zero-order valence-corrected chi connectivity index (χ0v) is 23.4. The predicted octanol–water partition coefficient (Wildman–Crippen LogP) is 2.77. The van der Waals surface area contributed by atoms with Crippen LogP contribution in [-0.2, 0) is 22.6 Å². The number of carbonyl (C=O) groups excluding carboxylic acids is 3.